The van der Waals surface area contributed by atoms with E-state index in [1.807, 2.05) is 0 Å². The summed E-state index contributed by atoms with van der Waals surface area (Å²) in [6, 6.07) is 17.7. The summed E-state index contributed by atoms with van der Waals surface area (Å²) in [7, 11) is 0. The number of hydrogen-bond donors (Lipinski definition) is 0. The van der Waals surface area contributed by atoms with Gasteiger partial charge in [0.2, 0.25) is 0 Å². The number of para-hydroxylation sites is 1. The number of carbonyl (C=O) groups is 2. The lowest BCUT2D eigenvalue weighted by Gasteiger charge is -2.20. The van der Waals surface area contributed by atoms with Crippen molar-refractivity contribution in [1.29, 1.82) is 0 Å². The topological polar surface area (TPSA) is 77.3 Å². The van der Waals surface area contributed by atoms with Crippen molar-refractivity contribution in [3.05, 3.63) is 99.1 Å². The van der Waals surface area contributed by atoms with Gasteiger partial charge in [0.05, 0.1) is 10.5 Å². The van der Waals surface area contributed by atoms with Gasteiger partial charge in [0.1, 0.15) is 0 Å². The van der Waals surface area contributed by atoms with Crippen LogP contribution in [0.5, 0.6) is 0 Å². The van der Waals surface area contributed by atoms with Crippen LogP contribution in [0.15, 0.2) is 66.7 Å². The lowest BCUT2D eigenvalue weighted by Crippen LogP contribution is -2.21. The molecule has 4 rings (SSSR count). The molecule has 1 aliphatic carbocycles. The maximum atomic E-state index is 13.0. The standard InChI is InChI=1S/C20H11NO4/c22-19-14-7-1-2-8-15(14)20(23)18-13(9-5-10-16(18)19)12-6-3-4-11-17(12)21(24)25/h1-11H. The molecule has 0 atom stereocenters. The molecule has 120 valence electrons. The van der Waals surface area contributed by atoms with E-state index in [1.165, 1.54) is 6.07 Å². The highest BCUT2D eigenvalue weighted by atomic mass is 16.6. The number of nitro benzene ring substituents is 1. The van der Waals surface area contributed by atoms with E-state index in [0.29, 0.717) is 22.3 Å². The van der Waals surface area contributed by atoms with Gasteiger partial charge in [-0.2, -0.15) is 0 Å². The number of ketones is 2. The van der Waals surface area contributed by atoms with Crippen LogP contribution in [0, 0.1) is 10.1 Å². The van der Waals surface area contributed by atoms with Gasteiger partial charge in [-0.05, 0) is 6.07 Å². The normalized spacial score (nSPS) is 12.5. The predicted octanol–water partition coefficient (Wildman–Crippen LogP) is 4.04. The number of hydrogen-bond acceptors (Lipinski definition) is 4. The number of carbonyl (C=O) groups excluding carboxylic acids is 2. The Balaban J connectivity index is 2.03. The molecular weight excluding hydrogens is 318 g/mol. The summed E-state index contributed by atoms with van der Waals surface area (Å²) in [4.78, 5) is 36.6. The predicted molar refractivity (Wildman–Crippen MR) is 91.8 cm³/mol. The molecule has 0 aliphatic heterocycles. The first-order valence-electron chi connectivity index (χ1n) is 7.65. The van der Waals surface area contributed by atoms with Crippen molar-refractivity contribution in [2.45, 2.75) is 0 Å². The number of nitro groups is 1. The van der Waals surface area contributed by atoms with Gasteiger partial charge < -0.3 is 0 Å². The van der Waals surface area contributed by atoms with Gasteiger partial charge in [-0.25, -0.2) is 0 Å². The molecule has 0 radical (unpaired) electrons. The first-order chi connectivity index (χ1) is 12.1. The molecule has 5 heteroatoms. The third-order valence-corrected chi connectivity index (χ3v) is 4.34. The Morgan fingerprint density at radius 2 is 1.12 bits per heavy atom. The summed E-state index contributed by atoms with van der Waals surface area (Å²) >= 11 is 0. The van der Waals surface area contributed by atoms with Crippen LogP contribution in [0.1, 0.15) is 31.8 Å². The molecule has 1 aliphatic rings. The van der Waals surface area contributed by atoms with Crippen LogP contribution in [0.2, 0.25) is 0 Å². The summed E-state index contributed by atoms with van der Waals surface area (Å²) in [6.45, 7) is 0. The molecule has 0 saturated carbocycles. The summed E-state index contributed by atoms with van der Waals surface area (Å²) in [6.07, 6.45) is 0. The number of benzene rings is 3. The molecule has 0 unspecified atom stereocenters. The van der Waals surface area contributed by atoms with Crippen molar-refractivity contribution in [3.8, 4) is 11.1 Å². The van der Waals surface area contributed by atoms with Crippen LogP contribution in [0.25, 0.3) is 11.1 Å². The molecule has 0 heterocycles. The Bertz CT molecular complexity index is 1070. The first-order valence-corrected chi connectivity index (χ1v) is 7.65. The average molecular weight is 329 g/mol. The summed E-state index contributed by atoms with van der Waals surface area (Å²) in [5, 5.41) is 11.4. The van der Waals surface area contributed by atoms with E-state index in [2.05, 4.69) is 0 Å². The second-order valence-electron chi connectivity index (χ2n) is 5.71. The van der Waals surface area contributed by atoms with Gasteiger partial charge in [0.25, 0.3) is 5.69 Å². The summed E-state index contributed by atoms with van der Waals surface area (Å²) in [5.41, 5.74) is 1.81. The molecule has 3 aromatic rings. The second-order valence-corrected chi connectivity index (χ2v) is 5.71. The maximum absolute atomic E-state index is 13.0. The minimum atomic E-state index is -0.488. The smallest absolute Gasteiger partial charge is 0.277 e. The van der Waals surface area contributed by atoms with Crippen LogP contribution in [-0.2, 0) is 0 Å². The van der Waals surface area contributed by atoms with Crippen LogP contribution in [-0.4, -0.2) is 16.5 Å². The van der Waals surface area contributed by atoms with Crippen LogP contribution in [0.4, 0.5) is 5.69 Å². The van der Waals surface area contributed by atoms with E-state index in [4.69, 9.17) is 0 Å². The fourth-order valence-electron chi connectivity index (χ4n) is 3.23. The Morgan fingerprint density at radius 1 is 0.600 bits per heavy atom. The maximum Gasteiger partial charge on any atom is 0.277 e. The van der Waals surface area contributed by atoms with Crippen molar-refractivity contribution in [3.63, 3.8) is 0 Å². The Morgan fingerprint density at radius 3 is 1.80 bits per heavy atom. The minimum absolute atomic E-state index is 0.102. The number of nitrogens with zero attached hydrogens (tertiary/aromatic N) is 1. The third kappa shape index (κ3) is 2.17. The second kappa shape index (κ2) is 5.49. The van der Waals surface area contributed by atoms with Crippen molar-refractivity contribution >= 4 is 17.3 Å². The Kier molecular flexibility index (Phi) is 3.28. The molecule has 0 aromatic heterocycles. The fraction of sp³-hybridized carbons (Fsp3) is 0. The molecule has 0 fully saturated rings. The molecule has 0 saturated heterocycles. The van der Waals surface area contributed by atoms with E-state index in [0.717, 1.165) is 0 Å². The van der Waals surface area contributed by atoms with E-state index in [9.17, 15) is 19.7 Å². The monoisotopic (exact) mass is 329 g/mol. The summed E-state index contributed by atoms with van der Waals surface area (Å²) in [5.74, 6) is -0.537. The minimum Gasteiger partial charge on any atom is -0.289 e. The van der Waals surface area contributed by atoms with E-state index in [-0.39, 0.29) is 28.4 Å². The molecule has 0 amide bonds. The van der Waals surface area contributed by atoms with Crippen molar-refractivity contribution in [1.82, 2.24) is 0 Å². The van der Waals surface area contributed by atoms with Crippen LogP contribution in [0.3, 0.4) is 0 Å². The molecule has 25 heavy (non-hydrogen) atoms. The number of fused-ring (bicyclic) bond motifs is 2. The zero-order valence-corrected chi connectivity index (χ0v) is 12.9. The lowest BCUT2D eigenvalue weighted by molar-refractivity contribution is -0.384. The van der Waals surface area contributed by atoms with Gasteiger partial charge in [0, 0.05) is 33.9 Å². The zero-order chi connectivity index (χ0) is 17.6. The quantitative estimate of drug-likeness (QED) is 0.411. The van der Waals surface area contributed by atoms with E-state index >= 15 is 0 Å². The van der Waals surface area contributed by atoms with Gasteiger partial charge >= 0.3 is 0 Å². The molecular formula is C20H11NO4. The zero-order valence-electron chi connectivity index (χ0n) is 12.9. The number of rotatable bonds is 2. The highest BCUT2D eigenvalue weighted by Crippen LogP contribution is 2.37. The molecule has 5 nitrogen and oxygen atoms in total. The highest BCUT2D eigenvalue weighted by Gasteiger charge is 2.32. The van der Waals surface area contributed by atoms with Gasteiger partial charge in [-0.15, -0.1) is 0 Å². The highest BCUT2D eigenvalue weighted by molar-refractivity contribution is 6.30. The molecule has 0 N–H and O–H groups in total. The van der Waals surface area contributed by atoms with Gasteiger partial charge in [0.15, 0.2) is 11.6 Å². The van der Waals surface area contributed by atoms with E-state index in [1.54, 1.807) is 60.7 Å². The average Bonchev–Trinajstić information content (AvgIpc) is 2.65. The lowest BCUT2D eigenvalue weighted by atomic mass is 9.80. The summed E-state index contributed by atoms with van der Waals surface area (Å²) < 4.78 is 0. The van der Waals surface area contributed by atoms with Crippen molar-refractivity contribution < 1.29 is 14.5 Å². The van der Waals surface area contributed by atoms with E-state index < -0.39 is 4.92 Å². The van der Waals surface area contributed by atoms with Crippen LogP contribution < -0.4 is 0 Å². The van der Waals surface area contributed by atoms with Crippen LogP contribution >= 0.6 is 0 Å². The fourth-order valence-corrected chi connectivity index (χ4v) is 3.23. The SMILES string of the molecule is O=C1c2ccccc2C(=O)c2c1cccc2-c1ccccc1[N+](=O)[O-]. The van der Waals surface area contributed by atoms with Crippen molar-refractivity contribution in [2.24, 2.45) is 0 Å². The Labute approximate surface area is 142 Å². The van der Waals surface area contributed by atoms with Crippen molar-refractivity contribution in [2.75, 3.05) is 0 Å². The molecule has 3 aromatic carbocycles. The first kappa shape index (κ1) is 15.0. The third-order valence-electron chi connectivity index (χ3n) is 4.34. The Hall–Kier alpha value is -3.60. The van der Waals surface area contributed by atoms with Gasteiger partial charge in [-0.1, -0.05) is 54.6 Å². The molecule has 0 spiro atoms. The van der Waals surface area contributed by atoms with Gasteiger partial charge in [-0.3, -0.25) is 19.7 Å². The molecule has 0 bridgehead atoms. The largest absolute Gasteiger partial charge is 0.289 e.